The summed E-state index contributed by atoms with van der Waals surface area (Å²) in [4.78, 5) is 0.621. The monoisotopic (exact) mass is 348 g/mol. The molecule has 1 fully saturated rings. The van der Waals surface area contributed by atoms with Crippen molar-refractivity contribution in [3.63, 3.8) is 0 Å². The molecule has 18 heavy (non-hydrogen) atoms. The third-order valence-electron chi connectivity index (χ3n) is 4.09. The van der Waals surface area contributed by atoms with Crippen LogP contribution < -0.4 is 0 Å². The summed E-state index contributed by atoms with van der Waals surface area (Å²) in [5.41, 5.74) is 1.19. The maximum atomic E-state index is 6.28. The molecule has 0 heterocycles. The zero-order valence-electron chi connectivity index (χ0n) is 10.6. The highest BCUT2D eigenvalue weighted by Gasteiger charge is 2.28. The van der Waals surface area contributed by atoms with E-state index in [0.29, 0.717) is 15.8 Å². The van der Waals surface area contributed by atoms with E-state index in [4.69, 9.17) is 23.2 Å². The zero-order valence-corrected chi connectivity index (χ0v) is 13.7. The van der Waals surface area contributed by atoms with Crippen molar-refractivity contribution in [2.45, 2.75) is 43.9 Å². The number of benzene rings is 1. The fraction of sp³-hybridized carbons (Fsp3) is 0.600. The largest absolute Gasteiger partial charge is 0.0888 e. The van der Waals surface area contributed by atoms with E-state index < -0.39 is 0 Å². The molecular weight excluding hydrogens is 331 g/mol. The highest BCUT2D eigenvalue weighted by molar-refractivity contribution is 9.09. The van der Waals surface area contributed by atoms with Crippen molar-refractivity contribution in [1.29, 1.82) is 0 Å². The standard InChI is InChI=1S/C15H19BrCl2/c1-2-10-6-7-13(16)12(8-10)9-11-4-3-5-14(17)15(11)18/h3-5,10,12-13H,2,6-9H2,1H3. The van der Waals surface area contributed by atoms with Crippen LogP contribution in [0.2, 0.25) is 10.0 Å². The second-order valence-electron chi connectivity index (χ2n) is 5.28. The van der Waals surface area contributed by atoms with Gasteiger partial charge < -0.3 is 0 Å². The highest BCUT2D eigenvalue weighted by Crippen LogP contribution is 2.38. The van der Waals surface area contributed by atoms with Gasteiger partial charge in [0.2, 0.25) is 0 Å². The van der Waals surface area contributed by atoms with Gasteiger partial charge in [-0.3, -0.25) is 0 Å². The summed E-state index contributed by atoms with van der Waals surface area (Å²) in [6.45, 7) is 2.29. The first kappa shape index (κ1) is 14.7. The average Bonchev–Trinajstić information content (AvgIpc) is 2.37. The Kier molecular flexibility index (Phi) is 5.41. The summed E-state index contributed by atoms with van der Waals surface area (Å²) in [6, 6.07) is 5.95. The lowest BCUT2D eigenvalue weighted by Crippen LogP contribution is -2.26. The lowest BCUT2D eigenvalue weighted by atomic mass is 9.77. The molecule has 1 aromatic carbocycles. The Bertz CT molecular complexity index is 405. The maximum absolute atomic E-state index is 6.28. The van der Waals surface area contributed by atoms with E-state index in [1.807, 2.05) is 12.1 Å². The predicted molar refractivity (Wildman–Crippen MR) is 84.0 cm³/mol. The van der Waals surface area contributed by atoms with Gasteiger partial charge in [-0.2, -0.15) is 0 Å². The van der Waals surface area contributed by atoms with Crippen molar-refractivity contribution in [3.8, 4) is 0 Å². The molecule has 0 radical (unpaired) electrons. The van der Waals surface area contributed by atoms with Crippen molar-refractivity contribution in [3.05, 3.63) is 33.8 Å². The molecule has 3 heteroatoms. The molecule has 1 aromatic rings. The van der Waals surface area contributed by atoms with Gasteiger partial charge in [-0.1, -0.05) is 64.6 Å². The van der Waals surface area contributed by atoms with Crippen LogP contribution in [0.4, 0.5) is 0 Å². The Morgan fingerprint density at radius 3 is 2.78 bits per heavy atom. The molecule has 0 spiro atoms. The van der Waals surface area contributed by atoms with Crippen LogP contribution in [0.3, 0.4) is 0 Å². The van der Waals surface area contributed by atoms with E-state index >= 15 is 0 Å². The van der Waals surface area contributed by atoms with Crippen LogP contribution in [0, 0.1) is 11.8 Å². The Hall–Kier alpha value is 0.280. The van der Waals surface area contributed by atoms with Crippen LogP contribution in [-0.2, 0) is 6.42 Å². The molecule has 2 rings (SSSR count). The normalized spacial score (nSPS) is 28.3. The van der Waals surface area contributed by atoms with Gasteiger partial charge in [0.25, 0.3) is 0 Å². The van der Waals surface area contributed by atoms with Gasteiger partial charge in [0.1, 0.15) is 0 Å². The fourth-order valence-electron chi connectivity index (χ4n) is 2.89. The van der Waals surface area contributed by atoms with Gasteiger partial charge in [0, 0.05) is 4.83 Å². The molecule has 0 aromatic heterocycles. The first-order valence-corrected chi connectivity index (χ1v) is 8.36. The minimum atomic E-state index is 0.621. The average molecular weight is 350 g/mol. The van der Waals surface area contributed by atoms with Crippen LogP contribution in [0.25, 0.3) is 0 Å². The van der Waals surface area contributed by atoms with Gasteiger partial charge in [-0.25, -0.2) is 0 Å². The van der Waals surface area contributed by atoms with E-state index in [0.717, 1.165) is 17.4 Å². The van der Waals surface area contributed by atoms with E-state index in [1.165, 1.54) is 31.2 Å². The highest BCUT2D eigenvalue weighted by atomic mass is 79.9. The first-order valence-electron chi connectivity index (χ1n) is 6.68. The summed E-state index contributed by atoms with van der Waals surface area (Å²) in [7, 11) is 0. The second kappa shape index (κ2) is 6.63. The SMILES string of the molecule is CCC1CCC(Br)C(Cc2cccc(Cl)c2Cl)C1. The smallest absolute Gasteiger partial charge is 0.0624 e. The molecule has 0 nitrogen and oxygen atoms in total. The number of hydrogen-bond donors (Lipinski definition) is 0. The van der Waals surface area contributed by atoms with E-state index in [-0.39, 0.29) is 0 Å². The van der Waals surface area contributed by atoms with Crippen molar-refractivity contribution in [1.82, 2.24) is 0 Å². The molecule has 0 amide bonds. The molecule has 1 aliphatic rings. The number of rotatable bonds is 3. The summed E-state index contributed by atoms with van der Waals surface area (Å²) in [5, 5.41) is 1.40. The molecule has 1 aliphatic carbocycles. The van der Waals surface area contributed by atoms with Crippen molar-refractivity contribution >= 4 is 39.1 Å². The molecular formula is C15H19BrCl2. The van der Waals surface area contributed by atoms with Crippen LogP contribution >= 0.6 is 39.1 Å². The number of alkyl halides is 1. The van der Waals surface area contributed by atoms with E-state index in [9.17, 15) is 0 Å². The Morgan fingerprint density at radius 2 is 2.06 bits per heavy atom. The lowest BCUT2D eigenvalue weighted by molar-refractivity contribution is 0.271. The summed E-state index contributed by atoms with van der Waals surface area (Å²) in [5.74, 6) is 1.56. The minimum Gasteiger partial charge on any atom is -0.0888 e. The van der Waals surface area contributed by atoms with Gasteiger partial charge in [-0.15, -0.1) is 0 Å². The Balaban J connectivity index is 2.09. The van der Waals surface area contributed by atoms with E-state index in [2.05, 4.69) is 28.9 Å². The molecule has 3 unspecified atom stereocenters. The van der Waals surface area contributed by atoms with Crippen molar-refractivity contribution in [2.75, 3.05) is 0 Å². The molecule has 1 saturated carbocycles. The van der Waals surface area contributed by atoms with Gasteiger partial charge >= 0.3 is 0 Å². The molecule has 3 atom stereocenters. The minimum absolute atomic E-state index is 0.621. The zero-order chi connectivity index (χ0) is 13.1. The molecule has 0 bridgehead atoms. The number of hydrogen-bond acceptors (Lipinski definition) is 0. The third kappa shape index (κ3) is 3.43. The van der Waals surface area contributed by atoms with Gasteiger partial charge in [-0.05, 0) is 49.1 Å². The third-order valence-corrected chi connectivity index (χ3v) is 6.15. The quantitative estimate of drug-likeness (QED) is 0.576. The topological polar surface area (TPSA) is 0 Å². The van der Waals surface area contributed by atoms with Crippen LogP contribution in [0.5, 0.6) is 0 Å². The maximum Gasteiger partial charge on any atom is 0.0624 e. The summed E-state index contributed by atoms with van der Waals surface area (Å²) < 4.78 is 0. The Morgan fingerprint density at radius 1 is 1.28 bits per heavy atom. The molecule has 0 saturated heterocycles. The van der Waals surface area contributed by atoms with Crippen molar-refractivity contribution < 1.29 is 0 Å². The van der Waals surface area contributed by atoms with Crippen molar-refractivity contribution in [2.24, 2.45) is 11.8 Å². The predicted octanol–water partition coefficient (Wildman–Crippen LogP) is 6.13. The molecule has 100 valence electrons. The summed E-state index contributed by atoms with van der Waals surface area (Å²) in [6.07, 6.45) is 6.26. The Labute approximate surface area is 128 Å². The van der Waals surface area contributed by atoms with Crippen LogP contribution in [0.1, 0.15) is 38.2 Å². The summed E-state index contributed by atoms with van der Waals surface area (Å²) >= 11 is 16.2. The van der Waals surface area contributed by atoms with Gasteiger partial charge in [0.05, 0.1) is 10.0 Å². The number of halogens is 3. The lowest BCUT2D eigenvalue weighted by Gasteiger charge is -2.33. The van der Waals surface area contributed by atoms with Gasteiger partial charge in [0.15, 0.2) is 0 Å². The molecule has 0 aliphatic heterocycles. The second-order valence-corrected chi connectivity index (χ2v) is 7.24. The van der Waals surface area contributed by atoms with Crippen LogP contribution in [-0.4, -0.2) is 4.83 Å². The fourth-order valence-corrected chi connectivity index (χ4v) is 3.96. The van der Waals surface area contributed by atoms with E-state index in [1.54, 1.807) is 0 Å². The van der Waals surface area contributed by atoms with Crippen LogP contribution in [0.15, 0.2) is 18.2 Å². The first-order chi connectivity index (χ1) is 8.61. The molecule has 0 N–H and O–H groups in total.